The van der Waals surface area contributed by atoms with E-state index in [-0.39, 0.29) is 35.4 Å². The van der Waals surface area contributed by atoms with Crippen LogP contribution in [-0.4, -0.2) is 85.6 Å². The Labute approximate surface area is 227 Å². The van der Waals surface area contributed by atoms with Crippen molar-refractivity contribution < 1.29 is 49.7 Å². The smallest absolute Gasteiger partial charge is 0.229 e. The molecule has 3 fully saturated rings. The number of phenols is 1. The third kappa shape index (κ3) is 3.68. The zero-order valence-electron chi connectivity index (χ0n) is 23.0. The first-order valence-electron chi connectivity index (χ1n) is 13.7. The first-order chi connectivity index (χ1) is 18.1. The lowest BCUT2D eigenvalue weighted by atomic mass is 9.42. The standard InChI is InChI=1S/C29H40O10/c1-12-14-6-7-19-27(3)9-16(32)21(13(2)31)28(27,4)10-20(33)29(19,5)15(14)8-17(22(12)34)38-26-25(37)24(36)23(35)18(11-30)39-26/h8,16,18-19,21,23-26,30,32,34-37H,6-7,9-11H2,1-5H3/t16-,18-,19+,21+,23-,24+,25-,26-,27?,28-,29+/m1/s1. The molecule has 2 saturated carbocycles. The molecule has 1 aromatic carbocycles. The zero-order chi connectivity index (χ0) is 28.8. The summed E-state index contributed by atoms with van der Waals surface area (Å²) in [6.07, 6.45) is -6.63. The number of phenolic OH excluding ortho intramolecular Hbond substituents is 1. The van der Waals surface area contributed by atoms with Crippen molar-refractivity contribution in [2.75, 3.05) is 6.61 Å². The van der Waals surface area contributed by atoms with Crippen LogP contribution in [-0.2, 0) is 26.2 Å². The van der Waals surface area contributed by atoms with Crippen LogP contribution in [0.4, 0.5) is 0 Å². The van der Waals surface area contributed by atoms with Gasteiger partial charge in [0.05, 0.1) is 18.1 Å². The van der Waals surface area contributed by atoms with Crippen molar-refractivity contribution in [3.05, 3.63) is 22.8 Å². The second-order valence-corrected chi connectivity index (χ2v) is 12.8. The summed E-state index contributed by atoms with van der Waals surface area (Å²) in [5.41, 5.74) is -0.159. The molecule has 1 unspecified atom stereocenters. The Morgan fingerprint density at radius 2 is 1.77 bits per heavy atom. The Bertz CT molecular complexity index is 1200. The number of benzene rings is 1. The van der Waals surface area contributed by atoms with Gasteiger partial charge in [-0.2, -0.15) is 0 Å². The summed E-state index contributed by atoms with van der Waals surface area (Å²) < 4.78 is 11.3. The van der Waals surface area contributed by atoms with E-state index < -0.39 is 65.6 Å². The topological polar surface area (TPSA) is 174 Å². The fraction of sp³-hybridized carbons (Fsp3) is 0.724. The van der Waals surface area contributed by atoms with Crippen LogP contribution < -0.4 is 4.74 Å². The monoisotopic (exact) mass is 548 g/mol. The zero-order valence-corrected chi connectivity index (χ0v) is 23.0. The summed E-state index contributed by atoms with van der Waals surface area (Å²) in [5, 5.41) is 62.4. The number of aliphatic hydroxyl groups excluding tert-OH is 5. The lowest BCUT2D eigenvalue weighted by molar-refractivity contribution is -0.277. The van der Waals surface area contributed by atoms with Gasteiger partial charge in [-0.05, 0) is 79.5 Å². The molecule has 39 heavy (non-hydrogen) atoms. The van der Waals surface area contributed by atoms with Gasteiger partial charge < -0.3 is 40.1 Å². The summed E-state index contributed by atoms with van der Waals surface area (Å²) in [4.78, 5) is 26.8. The predicted molar refractivity (Wildman–Crippen MR) is 137 cm³/mol. The number of carbonyl (C=O) groups excluding carboxylic acids is 2. The van der Waals surface area contributed by atoms with Crippen LogP contribution >= 0.6 is 0 Å². The van der Waals surface area contributed by atoms with Gasteiger partial charge in [-0.3, -0.25) is 9.59 Å². The number of ether oxygens (including phenoxy) is 2. The average molecular weight is 549 g/mol. The van der Waals surface area contributed by atoms with Gasteiger partial charge in [-0.1, -0.05) is 13.8 Å². The maximum atomic E-state index is 14.1. The number of hydrogen-bond donors (Lipinski definition) is 6. The normalized spacial score (nSPS) is 45.3. The minimum Gasteiger partial charge on any atom is -0.504 e. The van der Waals surface area contributed by atoms with E-state index in [1.54, 1.807) is 13.0 Å². The molecule has 6 N–H and O–H groups in total. The molecular formula is C29H40O10. The number of ketones is 2. The second-order valence-electron chi connectivity index (χ2n) is 12.8. The van der Waals surface area contributed by atoms with E-state index in [0.29, 0.717) is 30.4 Å². The van der Waals surface area contributed by atoms with E-state index >= 15 is 0 Å². The molecule has 11 atom stereocenters. The molecule has 0 radical (unpaired) electrons. The fourth-order valence-electron chi connectivity index (χ4n) is 8.70. The fourth-order valence-corrected chi connectivity index (χ4v) is 8.70. The highest BCUT2D eigenvalue weighted by Crippen LogP contribution is 2.70. The maximum absolute atomic E-state index is 14.1. The van der Waals surface area contributed by atoms with E-state index in [1.165, 1.54) is 6.92 Å². The summed E-state index contributed by atoms with van der Waals surface area (Å²) in [5.74, 6) is -1.22. The predicted octanol–water partition coefficient (Wildman–Crippen LogP) is 0.655. The molecule has 1 aliphatic heterocycles. The minimum atomic E-state index is -1.67. The highest BCUT2D eigenvalue weighted by Gasteiger charge is 2.71. The molecule has 0 bridgehead atoms. The maximum Gasteiger partial charge on any atom is 0.229 e. The SMILES string of the molecule is CC(=O)[C@H]1[C@H](O)CC2(C)[C@@H]3CCc4c(cc(O[C@@H]5O[C@H](CO)[C@@H](O)[C@H](O)[C@H]5O)c(O)c4C)[C@]3(C)C(=O)C[C@]12C. The van der Waals surface area contributed by atoms with Crippen molar-refractivity contribution in [3.8, 4) is 11.5 Å². The Kier molecular flexibility index (Phi) is 6.73. The van der Waals surface area contributed by atoms with Crippen LogP contribution in [0.5, 0.6) is 11.5 Å². The van der Waals surface area contributed by atoms with Gasteiger partial charge in [-0.25, -0.2) is 0 Å². The van der Waals surface area contributed by atoms with Crippen LogP contribution in [0.25, 0.3) is 0 Å². The van der Waals surface area contributed by atoms with Crippen LogP contribution in [0, 0.1) is 29.6 Å². The summed E-state index contributed by atoms with van der Waals surface area (Å²) >= 11 is 0. The summed E-state index contributed by atoms with van der Waals surface area (Å²) in [6, 6.07) is 1.59. The van der Waals surface area contributed by atoms with Crippen LogP contribution in [0.2, 0.25) is 0 Å². The second kappa shape index (κ2) is 9.22. The number of hydrogen-bond acceptors (Lipinski definition) is 10. The van der Waals surface area contributed by atoms with Crippen molar-refractivity contribution in [2.24, 2.45) is 22.7 Å². The number of aliphatic hydroxyl groups is 5. The van der Waals surface area contributed by atoms with Crippen LogP contribution in [0.3, 0.4) is 0 Å². The first-order valence-corrected chi connectivity index (χ1v) is 13.7. The van der Waals surface area contributed by atoms with E-state index in [1.807, 2.05) is 13.8 Å². The van der Waals surface area contributed by atoms with Gasteiger partial charge in [-0.15, -0.1) is 0 Å². The number of carbonyl (C=O) groups is 2. The average Bonchev–Trinajstić information content (AvgIpc) is 3.07. The highest BCUT2D eigenvalue weighted by molar-refractivity contribution is 5.94. The van der Waals surface area contributed by atoms with Gasteiger partial charge in [0.25, 0.3) is 0 Å². The Balaban J connectivity index is 1.58. The molecule has 4 aliphatic rings. The largest absolute Gasteiger partial charge is 0.504 e. The number of rotatable bonds is 4. The van der Waals surface area contributed by atoms with Crippen molar-refractivity contribution in [2.45, 2.75) is 103 Å². The molecule has 0 aromatic heterocycles. The highest BCUT2D eigenvalue weighted by atomic mass is 16.7. The lowest BCUT2D eigenvalue weighted by Crippen LogP contribution is -2.61. The van der Waals surface area contributed by atoms with E-state index in [2.05, 4.69) is 6.92 Å². The van der Waals surface area contributed by atoms with Gasteiger partial charge in [0, 0.05) is 12.3 Å². The third-order valence-electron chi connectivity index (χ3n) is 11.0. The van der Waals surface area contributed by atoms with Crippen LogP contribution in [0.15, 0.2) is 6.07 Å². The lowest BCUT2D eigenvalue weighted by Gasteiger charge is -2.60. The number of fused-ring (bicyclic) bond motifs is 5. The molecule has 10 nitrogen and oxygen atoms in total. The van der Waals surface area contributed by atoms with Crippen molar-refractivity contribution in [3.63, 3.8) is 0 Å². The van der Waals surface area contributed by atoms with E-state index in [9.17, 15) is 40.2 Å². The van der Waals surface area contributed by atoms with Crippen LogP contribution in [0.1, 0.15) is 63.6 Å². The molecule has 1 aromatic rings. The molecule has 5 rings (SSSR count). The van der Waals surface area contributed by atoms with Crippen molar-refractivity contribution in [1.29, 1.82) is 0 Å². The minimum absolute atomic E-state index is 0.0438. The number of aromatic hydroxyl groups is 1. The Hall–Kier alpha value is -2.08. The molecule has 10 heteroatoms. The Morgan fingerprint density at radius 1 is 1.10 bits per heavy atom. The van der Waals surface area contributed by atoms with Crippen molar-refractivity contribution >= 4 is 11.6 Å². The molecule has 0 amide bonds. The third-order valence-corrected chi connectivity index (χ3v) is 11.0. The quantitative estimate of drug-likeness (QED) is 0.314. The molecule has 1 saturated heterocycles. The number of Topliss-reactive ketones (excluding diaryl/α,β-unsaturated/α-hetero) is 2. The van der Waals surface area contributed by atoms with E-state index in [0.717, 1.165) is 5.56 Å². The molecule has 0 spiro atoms. The van der Waals surface area contributed by atoms with Gasteiger partial charge >= 0.3 is 0 Å². The van der Waals surface area contributed by atoms with E-state index in [4.69, 9.17) is 9.47 Å². The van der Waals surface area contributed by atoms with Gasteiger partial charge in [0.2, 0.25) is 6.29 Å². The van der Waals surface area contributed by atoms with Gasteiger partial charge in [0.1, 0.15) is 36.0 Å². The Morgan fingerprint density at radius 3 is 2.38 bits per heavy atom. The molecule has 216 valence electrons. The first kappa shape index (κ1) is 28.4. The summed E-state index contributed by atoms with van der Waals surface area (Å²) in [6.45, 7) is 8.51. The molecular weight excluding hydrogens is 508 g/mol. The summed E-state index contributed by atoms with van der Waals surface area (Å²) in [7, 11) is 0. The molecule has 1 heterocycles. The van der Waals surface area contributed by atoms with Gasteiger partial charge in [0.15, 0.2) is 11.5 Å². The molecule has 3 aliphatic carbocycles. The van der Waals surface area contributed by atoms with Crippen molar-refractivity contribution in [1.82, 2.24) is 0 Å².